The standard InChI is InChI=1S/C5H8O2S/c6-8(7)4-2-1-3-5-8/h2,5H,1,3-4H2. The predicted octanol–water partition coefficient (Wildman–Crippen LogP) is 0.561. The second kappa shape index (κ2) is 2.05. The van der Waals surface area contributed by atoms with Crippen molar-refractivity contribution in [1.29, 1.82) is 0 Å². The molecule has 3 heteroatoms. The SMILES string of the molecule is O=S1(=O)[CH]CC[CH]C1. The minimum atomic E-state index is -2.76. The number of rotatable bonds is 0. The Labute approximate surface area is 49.8 Å². The maximum Gasteiger partial charge on any atom is 0.154 e. The minimum Gasteiger partial charge on any atom is -0.228 e. The van der Waals surface area contributed by atoms with Crippen LogP contribution in [0, 0.1) is 12.2 Å². The van der Waals surface area contributed by atoms with Gasteiger partial charge in [0.25, 0.3) is 0 Å². The average molecular weight is 132 g/mol. The van der Waals surface area contributed by atoms with E-state index in [0.717, 1.165) is 6.42 Å². The van der Waals surface area contributed by atoms with E-state index in [9.17, 15) is 8.42 Å². The second-order valence-electron chi connectivity index (χ2n) is 1.86. The van der Waals surface area contributed by atoms with Crippen LogP contribution in [-0.4, -0.2) is 14.2 Å². The van der Waals surface area contributed by atoms with Crippen LogP contribution in [0.1, 0.15) is 12.8 Å². The summed E-state index contributed by atoms with van der Waals surface area (Å²) in [7, 11) is -2.76. The predicted molar refractivity (Wildman–Crippen MR) is 31.6 cm³/mol. The van der Waals surface area contributed by atoms with Crippen LogP contribution >= 0.6 is 0 Å². The molecule has 0 aromatic rings. The zero-order valence-electron chi connectivity index (χ0n) is 4.50. The minimum absolute atomic E-state index is 0.243. The summed E-state index contributed by atoms with van der Waals surface area (Å²) in [4.78, 5) is 0. The Morgan fingerprint density at radius 1 is 1.25 bits per heavy atom. The zero-order chi connectivity index (χ0) is 6.04. The van der Waals surface area contributed by atoms with Gasteiger partial charge in [0.1, 0.15) is 0 Å². The highest BCUT2D eigenvalue weighted by molar-refractivity contribution is 7.93. The van der Waals surface area contributed by atoms with Gasteiger partial charge in [-0.2, -0.15) is 0 Å². The summed E-state index contributed by atoms with van der Waals surface area (Å²) in [5.74, 6) is 1.64. The highest BCUT2D eigenvalue weighted by Crippen LogP contribution is 2.13. The van der Waals surface area contributed by atoms with Crippen molar-refractivity contribution in [1.82, 2.24) is 0 Å². The smallest absolute Gasteiger partial charge is 0.154 e. The molecule has 0 amide bonds. The van der Waals surface area contributed by atoms with Crippen molar-refractivity contribution < 1.29 is 8.42 Å². The van der Waals surface area contributed by atoms with Gasteiger partial charge in [-0.25, -0.2) is 8.42 Å². The maximum absolute atomic E-state index is 10.6. The Bertz CT molecular complexity index is 145. The molecule has 0 aliphatic carbocycles. The quantitative estimate of drug-likeness (QED) is 0.482. The van der Waals surface area contributed by atoms with Crippen molar-refractivity contribution in [3.05, 3.63) is 12.2 Å². The summed E-state index contributed by atoms with van der Waals surface area (Å²) in [6, 6.07) is 0. The first-order valence-corrected chi connectivity index (χ1v) is 4.30. The lowest BCUT2D eigenvalue weighted by molar-refractivity contribution is 0.596. The molecule has 1 aliphatic heterocycles. The van der Waals surface area contributed by atoms with E-state index >= 15 is 0 Å². The second-order valence-corrected chi connectivity index (χ2v) is 3.85. The summed E-state index contributed by atoms with van der Waals surface area (Å²) in [5, 5.41) is 0. The summed E-state index contributed by atoms with van der Waals surface area (Å²) in [6.07, 6.45) is 3.41. The van der Waals surface area contributed by atoms with Gasteiger partial charge in [0.2, 0.25) is 0 Å². The fourth-order valence-electron chi connectivity index (χ4n) is 0.681. The van der Waals surface area contributed by atoms with Crippen LogP contribution in [0.15, 0.2) is 0 Å². The van der Waals surface area contributed by atoms with Gasteiger partial charge in [-0.15, -0.1) is 0 Å². The van der Waals surface area contributed by atoms with Crippen molar-refractivity contribution in [2.24, 2.45) is 0 Å². The van der Waals surface area contributed by atoms with Crippen LogP contribution in [0.5, 0.6) is 0 Å². The van der Waals surface area contributed by atoms with Gasteiger partial charge in [-0.05, 0) is 19.3 Å². The molecule has 0 unspecified atom stereocenters. The van der Waals surface area contributed by atoms with Gasteiger partial charge in [0, 0.05) is 0 Å². The van der Waals surface area contributed by atoms with Gasteiger partial charge in [0.05, 0.1) is 11.5 Å². The molecule has 0 aromatic carbocycles. The molecule has 0 saturated carbocycles. The summed E-state index contributed by atoms with van der Waals surface area (Å²) in [5.41, 5.74) is 0. The molecule has 46 valence electrons. The Morgan fingerprint density at radius 3 is 2.25 bits per heavy atom. The molecule has 2 nitrogen and oxygen atoms in total. The Kier molecular flexibility index (Phi) is 1.56. The Hall–Kier alpha value is -0.0500. The molecule has 0 N–H and O–H groups in total. The third-order valence-electron chi connectivity index (χ3n) is 1.09. The largest absolute Gasteiger partial charge is 0.228 e. The Morgan fingerprint density at radius 2 is 2.00 bits per heavy atom. The van der Waals surface area contributed by atoms with Crippen molar-refractivity contribution in [3.8, 4) is 0 Å². The molecule has 0 bridgehead atoms. The fraction of sp³-hybridized carbons (Fsp3) is 0.600. The molecule has 1 saturated heterocycles. The van der Waals surface area contributed by atoms with Gasteiger partial charge < -0.3 is 0 Å². The van der Waals surface area contributed by atoms with E-state index in [0.29, 0.717) is 6.42 Å². The topological polar surface area (TPSA) is 34.1 Å². The normalized spacial score (nSPS) is 27.5. The molecule has 0 aromatic heterocycles. The number of hydrogen-bond acceptors (Lipinski definition) is 2. The van der Waals surface area contributed by atoms with Crippen LogP contribution in [0.2, 0.25) is 0 Å². The summed E-state index contributed by atoms with van der Waals surface area (Å²) < 4.78 is 21.1. The van der Waals surface area contributed by atoms with E-state index < -0.39 is 9.84 Å². The fourth-order valence-corrected chi connectivity index (χ4v) is 1.81. The highest BCUT2D eigenvalue weighted by atomic mass is 32.2. The van der Waals surface area contributed by atoms with Crippen LogP contribution in [0.4, 0.5) is 0 Å². The van der Waals surface area contributed by atoms with Crippen LogP contribution in [0.25, 0.3) is 0 Å². The van der Waals surface area contributed by atoms with Gasteiger partial charge in [-0.1, -0.05) is 0 Å². The van der Waals surface area contributed by atoms with E-state index in [1.54, 1.807) is 6.42 Å². The first kappa shape index (κ1) is 6.08. The third-order valence-corrected chi connectivity index (χ3v) is 2.54. The lowest BCUT2D eigenvalue weighted by Gasteiger charge is -2.07. The van der Waals surface area contributed by atoms with Crippen LogP contribution in [0.3, 0.4) is 0 Å². The van der Waals surface area contributed by atoms with Crippen molar-refractivity contribution in [3.63, 3.8) is 0 Å². The molecule has 0 spiro atoms. The van der Waals surface area contributed by atoms with E-state index in [1.165, 1.54) is 5.75 Å². The molecule has 1 fully saturated rings. The summed E-state index contributed by atoms with van der Waals surface area (Å²) >= 11 is 0. The molecular formula is C5H8O2S. The van der Waals surface area contributed by atoms with Gasteiger partial charge >= 0.3 is 0 Å². The van der Waals surface area contributed by atoms with Gasteiger partial charge in [0.15, 0.2) is 9.84 Å². The molecule has 1 heterocycles. The molecular weight excluding hydrogens is 124 g/mol. The lowest BCUT2D eigenvalue weighted by atomic mass is 10.3. The number of hydrogen-bond donors (Lipinski definition) is 0. The summed E-state index contributed by atoms with van der Waals surface area (Å²) in [6.45, 7) is 0. The van der Waals surface area contributed by atoms with E-state index in [-0.39, 0.29) is 5.75 Å². The first-order valence-electron chi connectivity index (χ1n) is 2.58. The van der Waals surface area contributed by atoms with E-state index in [4.69, 9.17) is 0 Å². The third kappa shape index (κ3) is 1.47. The first-order chi connectivity index (χ1) is 3.71. The molecule has 8 heavy (non-hydrogen) atoms. The van der Waals surface area contributed by atoms with Gasteiger partial charge in [-0.3, -0.25) is 0 Å². The molecule has 0 atom stereocenters. The molecule has 1 aliphatic rings. The van der Waals surface area contributed by atoms with Crippen molar-refractivity contribution in [2.45, 2.75) is 12.8 Å². The van der Waals surface area contributed by atoms with E-state index in [1.807, 2.05) is 0 Å². The Balaban J connectivity index is 2.58. The van der Waals surface area contributed by atoms with Crippen LogP contribution in [-0.2, 0) is 9.84 Å². The van der Waals surface area contributed by atoms with Crippen molar-refractivity contribution in [2.75, 3.05) is 5.75 Å². The average Bonchev–Trinajstić information content (AvgIpc) is 1.65. The maximum atomic E-state index is 10.6. The molecule has 1 rings (SSSR count). The monoisotopic (exact) mass is 132 g/mol. The molecule has 2 radical (unpaired) electrons. The zero-order valence-corrected chi connectivity index (χ0v) is 5.32. The van der Waals surface area contributed by atoms with E-state index in [2.05, 4.69) is 0 Å². The number of sulfone groups is 1. The lowest BCUT2D eigenvalue weighted by Crippen LogP contribution is -2.11. The van der Waals surface area contributed by atoms with Crippen LogP contribution < -0.4 is 0 Å². The highest BCUT2D eigenvalue weighted by Gasteiger charge is 2.14. The van der Waals surface area contributed by atoms with Crippen molar-refractivity contribution >= 4 is 9.84 Å².